The molecule has 0 amide bonds. The monoisotopic (exact) mass is 373 g/mol. The van der Waals surface area contributed by atoms with Crippen LogP contribution in [0.1, 0.15) is 44.2 Å². The van der Waals surface area contributed by atoms with E-state index in [1.54, 1.807) is 0 Å². The van der Waals surface area contributed by atoms with E-state index in [1.165, 1.54) is 9.13 Å². The molecule has 1 unspecified atom stereocenters. The van der Waals surface area contributed by atoms with Crippen LogP contribution in [0.3, 0.4) is 0 Å². The third-order valence-corrected chi connectivity index (χ3v) is 4.65. The van der Waals surface area contributed by atoms with Crippen molar-refractivity contribution in [3.8, 4) is 0 Å². The molecular formula is C15H20INO2. The van der Waals surface area contributed by atoms with E-state index in [9.17, 15) is 4.79 Å². The number of carboxylic acid groups (broad SMARTS) is 1. The zero-order chi connectivity index (χ0) is 13.8. The SMILES string of the molecule is CC(NC1CCC(C(=O)O)CC1)c1ccc(I)cc1. The van der Waals surface area contributed by atoms with Gasteiger partial charge >= 0.3 is 5.97 Å². The number of carbonyl (C=O) groups is 1. The van der Waals surface area contributed by atoms with E-state index in [0.717, 1.165) is 25.7 Å². The highest BCUT2D eigenvalue weighted by Gasteiger charge is 2.26. The van der Waals surface area contributed by atoms with Gasteiger partial charge in [-0.05, 0) is 72.9 Å². The van der Waals surface area contributed by atoms with Crippen LogP contribution in [0.25, 0.3) is 0 Å². The Morgan fingerprint density at radius 3 is 2.37 bits per heavy atom. The zero-order valence-corrected chi connectivity index (χ0v) is 13.3. The van der Waals surface area contributed by atoms with Crippen LogP contribution in [-0.2, 0) is 4.79 Å². The first kappa shape index (κ1) is 14.8. The summed E-state index contributed by atoms with van der Waals surface area (Å²) in [5.41, 5.74) is 1.29. The maximum Gasteiger partial charge on any atom is 0.306 e. The van der Waals surface area contributed by atoms with Crippen molar-refractivity contribution >= 4 is 28.6 Å². The molecule has 1 atom stereocenters. The fraction of sp³-hybridized carbons (Fsp3) is 0.533. The van der Waals surface area contributed by atoms with Crippen molar-refractivity contribution in [1.29, 1.82) is 0 Å². The fourth-order valence-corrected chi connectivity index (χ4v) is 3.07. The Hall–Kier alpha value is -0.620. The number of nitrogens with one attached hydrogen (secondary N) is 1. The Bertz CT molecular complexity index is 424. The Morgan fingerprint density at radius 1 is 1.26 bits per heavy atom. The summed E-state index contributed by atoms with van der Waals surface area (Å²) in [4.78, 5) is 10.9. The van der Waals surface area contributed by atoms with Crippen LogP contribution in [0.5, 0.6) is 0 Å². The van der Waals surface area contributed by atoms with Crippen LogP contribution >= 0.6 is 22.6 Å². The van der Waals surface area contributed by atoms with E-state index in [0.29, 0.717) is 12.1 Å². The van der Waals surface area contributed by atoms with Crippen molar-refractivity contribution in [3.63, 3.8) is 0 Å². The molecule has 1 aliphatic rings. The summed E-state index contributed by atoms with van der Waals surface area (Å²) in [6.45, 7) is 2.17. The van der Waals surface area contributed by atoms with Crippen LogP contribution in [-0.4, -0.2) is 17.1 Å². The number of rotatable bonds is 4. The zero-order valence-electron chi connectivity index (χ0n) is 11.1. The van der Waals surface area contributed by atoms with Crippen molar-refractivity contribution < 1.29 is 9.90 Å². The average Bonchev–Trinajstić information content (AvgIpc) is 2.40. The first-order valence-corrected chi connectivity index (χ1v) is 7.88. The van der Waals surface area contributed by atoms with Gasteiger partial charge in [-0.1, -0.05) is 12.1 Å². The highest BCUT2D eigenvalue weighted by atomic mass is 127. The molecule has 1 aromatic carbocycles. The second-order valence-electron chi connectivity index (χ2n) is 5.33. The Morgan fingerprint density at radius 2 is 1.84 bits per heavy atom. The summed E-state index contributed by atoms with van der Waals surface area (Å²) >= 11 is 2.31. The van der Waals surface area contributed by atoms with Gasteiger partial charge < -0.3 is 10.4 Å². The van der Waals surface area contributed by atoms with Gasteiger partial charge in [0.05, 0.1) is 5.92 Å². The smallest absolute Gasteiger partial charge is 0.306 e. The van der Waals surface area contributed by atoms with Crippen molar-refractivity contribution in [3.05, 3.63) is 33.4 Å². The van der Waals surface area contributed by atoms with Gasteiger partial charge in [-0.15, -0.1) is 0 Å². The molecule has 104 valence electrons. The quantitative estimate of drug-likeness (QED) is 0.794. The lowest BCUT2D eigenvalue weighted by molar-refractivity contribution is -0.142. The third-order valence-electron chi connectivity index (χ3n) is 3.93. The van der Waals surface area contributed by atoms with E-state index in [1.807, 2.05) is 0 Å². The highest BCUT2D eigenvalue weighted by Crippen LogP contribution is 2.26. The fourth-order valence-electron chi connectivity index (χ4n) is 2.71. The molecule has 4 heteroatoms. The minimum absolute atomic E-state index is 0.133. The molecule has 0 bridgehead atoms. The van der Waals surface area contributed by atoms with Gasteiger partial charge in [-0.3, -0.25) is 4.79 Å². The Labute approximate surface area is 127 Å². The predicted molar refractivity (Wildman–Crippen MR) is 84.1 cm³/mol. The lowest BCUT2D eigenvalue weighted by Crippen LogP contribution is -2.36. The van der Waals surface area contributed by atoms with Gasteiger partial charge in [0.1, 0.15) is 0 Å². The molecule has 2 rings (SSSR count). The van der Waals surface area contributed by atoms with E-state index in [-0.39, 0.29) is 5.92 Å². The largest absolute Gasteiger partial charge is 0.481 e. The maximum atomic E-state index is 10.9. The van der Waals surface area contributed by atoms with Crippen LogP contribution in [0.2, 0.25) is 0 Å². The summed E-state index contributed by atoms with van der Waals surface area (Å²) < 4.78 is 1.25. The van der Waals surface area contributed by atoms with Gasteiger partial charge in [0.15, 0.2) is 0 Å². The molecule has 0 radical (unpaired) electrons. The minimum atomic E-state index is -0.635. The molecule has 1 aromatic rings. The summed E-state index contributed by atoms with van der Waals surface area (Å²) in [5, 5.41) is 12.6. The molecule has 2 N–H and O–H groups in total. The van der Waals surface area contributed by atoms with E-state index in [2.05, 4.69) is 59.1 Å². The number of hydrogen-bond acceptors (Lipinski definition) is 2. The molecule has 0 saturated heterocycles. The molecule has 1 saturated carbocycles. The lowest BCUT2D eigenvalue weighted by atomic mass is 9.85. The van der Waals surface area contributed by atoms with Crippen molar-refractivity contribution in [2.24, 2.45) is 5.92 Å². The van der Waals surface area contributed by atoms with E-state index in [4.69, 9.17) is 5.11 Å². The number of halogens is 1. The normalized spacial score (nSPS) is 24.9. The third kappa shape index (κ3) is 4.18. The summed E-state index contributed by atoms with van der Waals surface area (Å²) in [5.74, 6) is -0.768. The number of hydrogen-bond donors (Lipinski definition) is 2. The van der Waals surface area contributed by atoms with Crippen LogP contribution < -0.4 is 5.32 Å². The molecule has 0 aliphatic heterocycles. The molecular weight excluding hydrogens is 353 g/mol. The van der Waals surface area contributed by atoms with Gasteiger partial charge in [-0.25, -0.2) is 0 Å². The molecule has 3 nitrogen and oxygen atoms in total. The predicted octanol–water partition coefficient (Wildman–Crippen LogP) is 3.59. The number of benzene rings is 1. The van der Waals surface area contributed by atoms with Crippen LogP contribution in [0.4, 0.5) is 0 Å². The molecule has 1 aliphatic carbocycles. The summed E-state index contributed by atoms with van der Waals surface area (Å²) in [6.07, 6.45) is 3.52. The molecule has 0 heterocycles. The van der Waals surface area contributed by atoms with Gasteiger partial charge in [-0.2, -0.15) is 0 Å². The maximum absolute atomic E-state index is 10.9. The Kier molecular flexibility index (Phi) is 5.21. The first-order chi connectivity index (χ1) is 9.06. The van der Waals surface area contributed by atoms with Crippen molar-refractivity contribution in [2.45, 2.75) is 44.7 Å². The minimum Gasteiger partial charge on any atom is -0.481 e. The van der Waals surface area contributed by atoms with Crippen molar-refractivity contribution in [2.75, 3.05) is 0 Å². The highest BCUT2D eigenvalue weighted by molar-refractivity contribution is 14.1. The topological polar surface area (TPSA) is 49.3 Å². The second-order valence-corrected chi connectivity index (χ2v) is 6.57. The first-order valence-electron chi connectivity index (χ1n) is 6.80. The number of carboxylic acids is 1. The molecule has 0 aromatic heterocycles. The summed E-state index contributed by atoms with van der Waals surface area (Å²) in [7, 11) is 0. The van der Waals surface area contributed by atoms with Crippen molar-refractivity contribution in [1.82, 2.24) is 5.32 Å². The number of aliphatic carboxylic acids is 1. The Balaban J connectivity index is 1.85. The van der Waals surface area contributed by atoms with E-state index < -0.39 is 5.97 Å². The van der Waals surface area contributed by atoms with Gasteiger partial charge in [0.2, 0.25) is 0 Å². The van der Waals surface area contributed by atoms with Crippen LogP contribution in [0, 0.1) is 9.49 Å². The second kappa shape index (κ2) is 6.70. The molecule has 0 spiro atoms. The van der Waals surface area contributed by atoms with Gasteiger partial charge in [0.25, 0.3) is 0 Å². The summed E-state index contributed by atoms with van der Waals surface area (Å²) in [6, 6.07) is 9.32. The lowest BCUT2D eigenvalue weighted by Gasteiger charge is -2.29. The molecule has 1 fully saturated rings. The van der Waals surface area contributed by atoms with E-state index >= 15 is 0 Å². The van der Waals surface area contributed by atoms with Crippen LogP contribution in [0.15, 0.2) is 24.3 Å². The van der Waals surface area contributed by atoms with Gasteiger partial charge in [0, 0.05) is 15.7 Å². The average molecular weight is 373 g/mol. The molecule has 19 heavy (non-hydrogen) atoms. The standard InChI is InChI=1S/C15H20INO2/c1-10(11-2-6-13(16)7-3-11)17-14-8-4-12(5-9-14)15(18)19/h2-3,6-7,10,12,14,17H,4-5,8-9H2,1H3,(H,18,19).